The molecule has 0 aliphatic carbocycles. The van der Waals surface area contributed by atoms with Crippen molar-refractivity contribution < 1.29 is 22.4 Å². The minimum Gasteiger partial charge on any atom is -0.352 e. The number of nitrogens with one attached hydrogen (secondary N) is 1. The van der Waals surface area contributed by atoms with Gasteiger partial charge >= 0.3 is 0 Å². The molecule has 0 fully saturated rings. The van der Waals surface area contributed by atoms with Crippen LogP contribution in [0.3, 0.4) is 0 Å². The molecule has 7 nitrogen and oxygen atoms in total. The van der Waals surface area contributed by atoms with Crippen LogP contribution in [0.15, 0.2) is 83.8 Å². The lowest BCUT2D eigenvalue weighted by Gasteiger charge is -2.32. The Bertz CT molecular complexity index is 1350. The van der Waals surface area contributed by atoms with Gasteiger partial charge in [-0.2, -0.15) is 0 Å². The molecule has 2 amide bonds. The molecule has 0 radical (unpaired) electrons. The van der Waals surface area contributed by atoms with Crippen LogP contribution in [-0.4, -0.2) is 43.8 Å². The van der Waals surface area contributed by atoms with Gasteiger partial charge in [0, 0.05) is 12.6 Å². The van der Waals surface area contributed by atoms with Gasteiger partial charge in [-0.05, 0) is 57.5 Å². The second-order valence-corrected chi connectivity index (χ2v) is 11.0. The van der Waals surface area contributed by atoms with Gasteiger partial charge in [0.15, 0.2) is 0 Å². The van der Waals surface area contributed by atoms with E-state index in [1.807, 2.05) is 45.0 Å². The van der Waals surface area contributed by atoms with E-state index in [0.29, 0.717) is 0 Å². The standard InChI is InChI=1S/C28H32FN3O4S/c1-20(2)30-28(34)22(4)31(18-23-12-10-11-21(3)17-23)27(33)19-32(26-16-9-8-15-25(26)29)37(35,36)24-13-6-5-7-14-24/h5-17,20,22H,18-19H2,1-4H3,(H,30,34)/t22-/m1/s1. The van der Waals surface area contributed by atoms with Crippen LogP contribution in [0, 0.1) is 12.7 Å². The Morgan fingerprint density at radius 3 is 2.19 bits per heavy atom. The highest BCUT2D eigenvalue weighted by molar-refractivity contribution is 7.92. The Morgan fingerprint density at radius 2 is 1.57 bits per heavy atom. The summed E-state index contributed by atoms with van der Waals surface area (Å²) >= 11 is 0. The molecule has 0 aliphatic heterocycles. The Hall–Kier alpha value is -3.72. The molecule has 0 aliphatic rings. The number of hydrogen-bond donors (Lipinski definition) is 1. The maximum absolute atomic E-state index is 14.9. The summed E-state index contributed by atoms with van der Waals surface area (Å²) in [6, 6.07) is 19.3. The first-order chi connectivity index (χ1) is 17.5. The monoisotopic (exact) mass is 525 g/mol. The van der Waals surface area contributed by atoms with Crippen LogP contribution in [-0.2, 0) is 26.2 Å². The average Bonchev–Trinajstić information content (AvgIpc) is 2.86. The third-order valence-corrected chi connectivity index (χ3v) is 7.54. The van der Waals surface area contributed by atoms with E-state index in [1.54, 1.807) is 25.1 Å². The van der Waals surface area contributed by atoms with Gasteiger partial charge in [0.05, 0.1) is 10.6 Å². The summed E-state index contributed by atoms with van der Waals surface area (Å²) < 4.78 is 42.8. The molecule has 1 N–H and O–H groups in total. The first-order valence-electron chi connectivity index (χ1n) is 12.0. The number of hydrogen-bond acceptors (Lipinski definition) is 4. The van der Waals surface area contributed by atoms with Gasteiger partial charge in [0.2, 0.25) is 11.8 Å². The number of carbonyl (C=O) groups excluding carboxylic acids is 2. The van der Waals surface area contributed by atoms with E-state index in [9.17, 15) is 22.4 Å². The molecular weight excluding hydrogens is 493 g/mol. The summed E-state index contributed by atoms with van der Waals surface area (Å²) in [4.78, 5) is 27.9. The molecule has 3 aromatic carbocycles. The van der Waals surface area contributed by atoms with Crippen LogP contribution in [0.2, 0.25) is 0 Å². The summed E-state index contributed by atoms with van der Waals surface area (Å²) in [6.07, 6.45) is 0. The smallest absolute Gasteiger partial charge is 0.264 e. The van der Waals surface area contributed by atoms with Gasteiger partial charge in [-0.15, -0.1) is 0 Å². The third kappa shape index (κ3) is 6.95. The molecule has 0 unspecified atom stereocenters. The molecule has 0 bridgehead atoms. The summed E-state index contributed by atoms with van der Waals surface area (Å²) in [5.74, 6) is -1.80. The number of rotatable bonds is 10. The number of amides is 2. The quantitative estimate of drug-likeness (QED) is 0.428. The zero-order valence-corrected chi connectivity index (χ0v) is 22.2. The Morgan fingerprint density at radius 1 is 0.919 bits per heavy atom. The van der Waals surface area contributed by atoms with E-state index in [1.165, 1.54) is 35.2 Å². The largest absolute Gasteiger partial charge is 0.352 e. The second-order valence-electron chi connectivity index (χ2n) is 9.13. The van der Waals surface area contributed by atoms with Gasteiger partial charge in [-0.3, -0.25) is 13.9 Å². The van der Waals surface area contributed by atoms with Crippen molar-refractivity contribution in [1.29, 1.82) is 0 Å². The van der Waals surface area contributed by atoms with Crippen molar-refractivity contribution in [1.82, 2.24) is 10.2 Å². The number of carbonyl (C=O) groups is 2. The lowest BCUT2D eigenvalue weighted by Crippen LogP contribution is -2.52. The number of halogens is 1. The van der Waals surface area contributed by atoms with Gasteiger partial charge in [-0.1, -0.05) is 60.2 Å². The summed E-state index contributed by atoms with van der Waals surface area (Å²) in [5.41, 5.74) is 1.50. The molecule has 0 heterocycles. The molecular formula is C28H32FN3O4S. The molecule has 0 saturated carbocycles. The van der Waals surface area contributed by atoms with Crippen molar-refractivity contribution in [3.05, 3.63) is 95.8 Å². The maximum atomic E-state index is 14.9. The van der Waals surface area contributed by atoms with E-state index >= 15 is 0 Å². The molecule has 37 heavy (non-hydrogen) atoms. The number of benzene rings is 3. The van der Waals surface area contributed by atoms with Crippen LogP contribution in [0.5, 0.6) is 0 Å². The lowest BCUT2D eigenvalue weighted by atomic mass is 10.1. The topological polar surface area (TPSA) is 86.8 Å². The van der Waals surface area contributed by atoms with Crippen LogP contribution in [0.4, 0.5) is 10.1 Å². The molecule has 9 heteroatoms. The van der Waals surface area contributed by atoms with Crippen molar-refractivity contribution in [2.75, 3.05) is 10.8 Å². The Kier molecular flexibility index (Phi) is 9.04. The van der Waals surface area contributed by atoms with Crippen LogP contribution in [0.1, 0.15) is 31.9 Å². The van der Waals surface area contributed by atoms with Crippen LogP contribution < -0.4 is 9.62 Å². The van der Waals surface area contributed by atoms with Gasteiger partial charge < -0.3 is 10.2 Å². The summed E-state index contributed by atoms with van der Waals surface area (Å²) in [5, 5.41) is 2.80. The second kappa shape index (κ2) is 12.0. The summed E-state index contributed by atoms with van der Waals surface area (Å²) in [6.45, 7) is 6.50. The molecule has 196 valence electrons. The fraction of sp³-hybridized carbons (Fsp3) is 0.286. The first-order valence-corrected chi connectivity index (χ1v) is 13.4. The molecule has 3 aromatic rings. The highest BCUT2D eigenvalue weighted by atomic mass is 32.2. The van der Waals surface area contributed by atoms with Crippen molar-refractivity contribution in [3.8, 4) is 0 Å². The minimum absolute atomic E-state index is 0.0731. The van der Waals surface area contributed by atoms with E-state index in [0.717, 1.165) is 21.5 Å². The van der Waals surface area contributed by atoms with E-state index in [2.05, 4.69) is 5.32 Å². The number of anilines is 1. The average molecular weight is 526 g/mol. The fourth-order valence-corrected chi connectivity index (χ4v) is 5.32. The van der Waals surface area contributed by atoms with Gasteiger partial charge in [0.25, 0.3) is 10.0 Å². The summed E-state index contributed by atoms with van der Waals surface area (Å²) in [7, 11) is -4.30. The molecule has 0 aromatic heterocycles. The van der Waals surface area contributed by atoms with Crippen molar-refractivity contribution >= 4 is 27.5 Å². The number of aryl methyl sites for hydroxylation is 1. The predicted molar refractivity (Wildman–Crippen MR) is 142 cm³/mol. The Balaban J connectivity index is 2.03. The van der Waals surface area contributed by atoms with E-state index in [4.69, 9.17) is 0 Å². The zero-order valence-electron chi connectivity index (χ0n) is 21.4. The Labute approximate surface area is 218 Å². The SMILES string of the molecule is Cc1cccc(CN(C(=O)CN(c2ccccc2F)S(=O)(=O)c2ccccc2)[C@H](C)C(=O)NC(C)C)c1. The van der Waals surface area contributed by atoms with Crippen molar-refractivity contribution in [2.45, 2.75) is 51.2 Å². The minimum atomic E-state index is -4.30. The highest BCUT2D eigenvalue weighted by Crippen LogP contribution is 2.27. The highest BCUT2D eigenvalue weighted by Gasteiger charge is 2.33. The van der Waals surface area contributed by atoms with Crippen LogP contribution in [0.25, 0.3) is 0 Å². The van der Waals surface area contributed by atoms with Crippen molar-refractivity contribution in [2.24, 2.45) is 0 Å². The molecule has 1 atom stereocenters. The number of para-hydroxylation sites is 1. The normalized spacial score (nSPS) is 12.2. The molecule has 3 rings (SSSR count). The molecule has 0 spiro atoms. The zero-order chi connectivity index (χ0) is 27.2. The van der Waals surface area contributed by atoms with Gasteiger partial charge in [0.1, 0.15) is 18.4 Å². The van der Waals surface area contributed by atoms with E-state index < -0.39 is 34.3 Å². The fourth-order valence-electron chi connectivity index (χ4n) is 3.88. The first kappa shape index (κ1) is 27.9. The third-order valence-electron chi connectivity index (χ3n) is 5.76. The predicted octanol–water partition coefficient (Wildman–Crippen LogP) is 4.27. The molecule has 0 saturated heterocycles. The van der Waals surface area contributed by atoms with Crippen molar-refractivity contribution in [3.63, 3.8) is 0 Å². The lowest BCUT2D eigenvalue weighted by molar-refractivity contribution is -0.139. The van der Waals surface area contributed by atoms with E-state index in [-0.39, 0.29) is 29.1 Å². The maximum Gasteiger partial charge on any atom is 0.264 e. The number of sulfonamides is 1. The van der Waals surface area contributed by atoms with Crippen LogP contribution >= 0.6 is 0 Å². The van der Waals surface area contributed by atoms with Gasteiger partial charge in [-0.25, -0.2) is 12.8 Å². The number of nitrogens with zero attached hydrogens (tertiary/aromatic N) is 2.